The summed E-state index contributed by atoms with van der Waals surface area (Å²) in [5, 5.41) is 0.455. The van der Waals surface area contributed by atoms with Crippen LogP contribution in [-0.2, 0) is 24.3 Å². The van der Waals surface area contributed by atoms with Gasteiger partial charge in [-0.2, -0.15) is 0 Å². The number of aromatic nitrogens is 4. The molecule has 2 aliphatic heterocycles. The lowest BCUT2D eigenvalue weighted by atomic mass is 9.96. The maximum atomic E-state index is 13.0. The molecule has 3 aromatic rings. The zero-order chi connectivity index (χ0) is 21.4. The highest BCUT2D eigenvalue weighted by atomic mass is 16.2. The van der Waals surface area contributed by atoms with Crippen LogP contribution in [0.2, 0.25) is 0 Å². The number of hydrogen-bond acceptors (Lipinski definition) is 4. The van der Waals surface area contributed by atoms with E-state index < -0.39 is 11.2 Å². The van der Waals surface area contributed by atoms with Crippen molar-refractivity contribution < 1.29 is 4.79 Å². The van der Waals surface area contributed by atoms with Crippen molar-refractivity contribution in [3.05, 3.63) is 62.8 Å². The Morgan fingerprint density at radius 1 is 1.13 bits per heavy atom. The van der Waals surface area contributed by atoms with Crippen molar-refractivity contribution in [2.24, 2.45) is 0 Å². The Labute approximate surface area is 179 Å². The maximum Gasteiger partial charge on any atom is 0.328 e. The quantitative estimate of drug-likeness (QED) is 0.698. The van der Waals surface area contributed by atoms with Crippen molar-refractivity contribution in [1.29, 1.82) is 0 Å². The molecule has 0 aliphatic carbocycles. The lowest BCUT2D eigenvalue weighted by Gasteiger charge is -2.33. The van der Waals surface area contributed by atoms with Crippen LogP contribution in [0.25, 0.3) is 10.9 Å². The summed E-state index contributed by atoms with van der Waals surface area (Å²) in [5.41, 5.74) is 1.00. The van der Waals surface area contributed by atoms with E-state index in [0.29, 0.717) is 17.4 Å². The first-order valence-electron chi connectivity index (χ1n) is 11.2. The molecule has 8 heteroatoms. The van der Waals surface area contributed by atoms with Gasteiger partial charge < -0.3 is 9.47 Å². The number of imidazole rings is 1. The van der Waals surface area contributed by atoms with Crippen LogP contribution in [0.5, 0.6) is 0 Å². The molecular weight excluding hydrogens is 394 g/mol. The van der Waals surface area contributed by atoms with Crippen molar-refractivity contribution >= 4 is 16.8 Å². The van der Waals surface area contributed by atoms with Gasteiger partial charge in [0.25, 0.3) is 5.56 Å². The molecule has 162 valence electrons. The maximum absolute atomic E-state index is 13.0. The van der Waals surface area contributed by atoms with E-state index in [1.807, 2.05) is 11.1 Å². The second kappa shape index (κ2) is 8.17. The third kappa shape index (κ3) is 3.71. The minimum absolute atomic E-state index is 0.0392. The normalized spacial score (nSPS) is 18.8. The van der Waals surface area contributed by atoms with E-state index in [9.17, 15) is 14.4 Å². The molecule has 0 bridgehead atoms. The van der Waals surface area contributed by atoms with Crippen LogP contribution < -0.4 is 11.2 Å². The highest BCUT2D eigenvalue weighted by Crippen LogP contribution is 2.29. The van der Waals surface area contributed by atoms with Crippen LogP contribution in [0.4, 0.5) is 0 Å². The Bertz CT molecular complexity index is 1240. The summed E-state index contributed by atoms with van der Waals surface area (Å²) in [7, 11) is 0. The number of para-hydroxylation sites is 1. The molecule has 1 saturated heterocycles. The van der Waals surface area contributed by atoms with Crippen molar-refractivity contribution in [3.8, 4) is 0 Å². The molecule has 1 aromatic carbocycles. The number of H-pyrrole nitrogens is 1. The monoisotopic (exact) mass is 421 g/mol. The molecule has 8 nitrogen and oxygen atoms in total. The molecule has 4 heterocycles. The van der Waals surface area contributed by atoms with Crippen molar-refractivity contribution in [1.82, 2.24) is 24.0 Å². The summed E-state index contributed by atoms with van der Waals surface area (Å²) in [4.78, 5) is 46.4. The van der Waals surface area contributed by atoms with Gasteiger partial charge in [0, 0.05) is 50.4 Å². The van der Waals surface area contributed by atoms with Gasteiger partial charge in [-0.3, -0.25) is 19.1 Å². The van der Waals surface area contributed by atoms with E-state index >= 15 is 0 Å². The highest BCUT2D eigenvalue weighted by molar-refractivity contribution is 5.79. The Kier molecular flexibility index (Phi) is 5.21. The molecule has 0 radical (unpaired) electrons. The van der Waals surface area contributed by atoms with E-state index in [1.54, 1.807) is 24.3 Å². The van der Waals surface area contributed by atoms with Gasteiger partial charge in [0.15, 0.2) is 0 Å². The second-order valence-electron chi connectivity index (χ2n) is 8.57. The first-order chi connectivity index (χ1) is 15.1. The van der Waals surface area contributed by atoms with E-state index in [4.69, 9.17) is 4.98 Å². The molecule has 0 saturated carbocycles. The topological polar surface area (TPSA) is 93.0 Å². The third-order valence-corrected chi connectivity index (χ3v) is 6.63. The van der Waals surface area contributed by atoms with Gasteiger partial charge in [-0.25, -0.2) is 9.78 Å². The van der Waals surface area contributed by atoms with Crippen molar-refractivity contribution in [2.45, 2.75) is 57.5 Å². The summed E-state index contributed by atoms with van der Waals surface area (Å²) in [6.07, 6.45) is 7.73. The fourth-order valence-electron chi connectivity index (χ4n) is 5.03. The molecular formula is C23H27N5O3. The average molecular weight is 422 g/mol. The van der Waals surface area contributed by atoms with E-state index in [0.717, 1.165) is 38.2 Å². The molecule has 2 aliphatic rings. The fourth-order valence-corrected chi connectivity index (χ4v) is 5.03. The van der Waals surface area contributed by atoms with Crippen LogP contribution in [0, 0.1) is 0 Å². The van der Waals surface area contributed by atoms with Crippen molar-refractivity contribution in [3.63, 3.8) is 0 Å². The number of benzene rings is 1. The number of rotatable bonds is 4. The number of carbonyl (C=O) groups is 1. The minimum atomic E-state index is -0.475. The fraction of sp³-hybridized carbons (Fsp3) is 0.478. The molecule has 1 N–H and O–H groups in total. The molecule has 1 amide bonds. The summed E-state index contributed by atoms with van der Waals surface area (Å²) in [6.45, 7) is 2.69. The van der Waals surface area contributed by atoms with Crippen LogP contribution >= 0.6 is 0 Å². The summed E-state index contributed by atoms with van der Waals surface area (Å²) in [6, 6.07) is 6.99. The Morgan fingerprint density at radius 3 is 2.90 bits per heavy atom. The minimum Gasteiger partial charge on any atom is -0.342 e. The van der Waals surface area contributed by atoms with E-state index in [1.165, 1.54) is 23.1 Å². The molecule has 0 spiro atoms. The van der Waals surface area contributed by atoms with Crippen LogP contribution in [-0.4, -0.2) is 43.0 Å². The summed E-state index contributed by atoms with van der Waals surface area (Å²) >= 11 is 0. The van der Waals surface area contributed by atoms with Gasteiger partial charge in [-0.15, -0.1) is 0 Å². The zero-order valence-corrected chi connectivity index (χ0v) is 17.5. The number of nitrogens with zero attached hydrogens (tertiary/aromatic N) is 4. The zero-order valence-electron chi connectivity index (χ0n) is 17.5. The second-order valence-corrected chi connectivity index (χ2v) is 8.57. The number of piperidine rings is 1. The largest absolute Gasteiger partial charge is 0.342 e. The number of hydrogen-bond donors (Lipinski definition) is 1. The number of likely N-dealkylation sites (tertiary alicyclic amines) is 1. The lowest BCUT2D eigenvalue weighted by Crippen LogP contribution is -2.41. The molecule has 5 rings (SSSR count). The smallest absolute Gasteiger partial charge is 0.328 e. The predicted molar refractivity (Wildman–Crippen MR) is 117 cm³/mol. The number of carbonyl (C=O) groups excluding carboxylic acids is 1. The predicted octanol–water partition coefficient (Wildman–Crippen LogP) is 2.02. The van der Waals surface area contributed by atoms with E-state index in [-0.39, 0.29) is 24.8 Å². The molecule has 2 aromatic heterocycles. The molecule has 31 heavy (non-hydrogen) atoms. The van der Waals surface area contributed by atoms with Crippen molar-refractivity contribution in [2.75, 3.05) is 13.1 Å². The highest BCUT2D eigenvalue weighted by Gasteiger charge is 2.29. The first-order valence-corrected chi connectivity index (χ1v) is 11.2. The number of fused-ring (bicyclic) bond motifs is 2. The van der Waals surface area contributed by atoms with Gasteiger partial charge in [0.1, 0.15) is 5.82 Å². The van der Waals surface area contributed by atoms with Gasteiger partial charge in [0.05, 0.1) is 10.9 Å². The van der Waals surface area contributed by atoms with Crippen LogP contribution in [0.1, 0.15) is 49.5 Å². The standard InChI is InChI=1S/C23H27N5O3/c29-20(10-13-28-19-9-2-1-8-18(19)22(30)25-23(28)31)26-11-5-6-16(15-26)21-24-14-17-7-3-4-12-27(17)21/h1-2,8-9,14,16H,3-7,10-13,15H2,(H,25,30,31). The summed E-state index contributed by atoms with van der Waals surface area (Å²) in [5.74, 6) is 1.42. The van der Waals surface area contributed by atoms with Crippen LogP contribution in [0.15, 0.2) is 40.1 Å². The number of aromatic amines is 1. The lowest BCUT2D eigenvalue weighted by molar-refractivity contribution is -0.132. The first kappa shape index (κ1) is 19.8. The molecule has 1 unspecified atom stereocenters. The average Bonchev–Trinajstić information content (AvgIpc) is 3.23. The Hall–Kier alpha value is -3.16. The Morgan fingerprint density at radius 2 is 2.00 bits per heavy atom. The van der Waals surface area contributed by atoms with E-state index in [2.05, 4.69) is 9.55 Å². The van der Waals surface area contributed by atoms with Gasteiger partial charge in [-0.05, 0) is 44.2 Å². The molecule has 1 fully saturated rings. The number of amides is 1. The number of aryl methyl sites for hydroxylation is 2. The SMILES string of the molecule is O=C(CCn1c(=O)[nH]c(=O)c2ccccc21)N1CCCC(c2ncc3n2CCCC3)C1. The van der Waals surface area contributed by atoms with Gasteiger partial charge in [-0.1, -0.05) is 12.1 Å². The Balaban J connectivity index is 1.30. The molecule has 1 atom stereocenters. The van der Waals surface area contributed by atoms with Gasteiger partial charge in [0.2, 0.25) is 5.91 Å². The van der Waals surface area contributed by atoms with Gasteiger partial charge >= 0.3 is 5.69 Å². The third-order valence-electron chi connectivity index (χ3n) is 6.63. The van der Waals surface area contributed by atoms with Crippen LogP contribution in [0.3, 0.4) is 0 Å². The summed E-state index contributed by atoms with van der Waals surface area (Å²) < 4.78 is 3.84. The number of nitrogens with one attached hydrogen (secondary N) is 1.